The molecule has 2 aromatic rings. The van der Waals surface area contributed by atoms with Gasteiger partial charge in [0.25, 0.3) is 5.91 Å². The molecular weight excluding hydrogens is 438 g/mol. The van der Waals surface area contributed by atoms with Gasteiger partial charge in [0.2, 0.25) is 10.0 Å². The molecule has 8 heteroatoms. The molecule has 7 nitrogen and oxygen atoms in total. The Kier molecular flexibility index (Phi) is 8.74. The zero-order valence-electron chi connectivity index (χ0n) is 19.8. The minimum absolute atomic E-state index is 0.0231. The minimum atomic E-state index is -3.34. The van der Waals surface area contributed by atoms with E-state index in [4.69, 9.17) is 4.74 Å². The number of carbonyl (C=O) groups is 1. The molecule has 1 heterocycles. The van der Waals surface area contributed by atoms with Gasteiger partial charge in [-0.15, -0.1) is 0 Å². The van der Waals surface area contributed by atoms with Crippen LogP contribution in [-0.2, 0) is 14.8 Å². The molecule has 1 amide bonds. The number of rotatable bonds is 10. The van der Waals surface area contributed by atoms with E-state index in [0.717, 1.165) is 5.69 Å². The largest absolute Gasteiger partial charge is 0.484 e. The third-order valence-electron chi connectivity index (χ3n) is 5.82. The Balaban J connectivity index is 1.34. The number of hydrogen-bond donors (Lipinski definition) is 1. The Bertz CT molecular complexity index is 1010. The number of hydrogen-bond acceptors (Lipinski definition) is 5. The molecule has 3 rings (SSSR count). The summed E-state index contributed by atoms with van der Waals surface area (Å²) in [5.41, 5.74) is 3.54. The molecule has 1 saturated heterocycles. The Morgan fingerprint density at radius 3 is 2.39 bits per heavy atom. The van der Waals surface area contributed by atoms with Crippen LogP contribution in [0.5, 0.6) is 5.75 Å². The fourth-order valence-electron chi connectivity index (χ4n) is 3.81. The van der Waals surface area contributed by atoms with Crippen LogP contribution in [-0.4, -0.2) is 63.7 Å². The van der Waals surface area contributed by atoms with Gasteiger partial charge in [0.1, 0.15) is 5.75 Å². The second-order valence-corrected chi connectivity index (χ2v) is 10.8. The summed E-state index contributed by atoms with van der Waals surface area (Å²) < 4.78 is 32.4. The molecule has 1 aliphatic heterocycles. The van der Waals surface area contributed by atoms with Gasteiger partial charge in [-0.1, -0.05) is 38.1 Å². The maximum absolute atomic E-state index is 12.7. The molecule has 1 N–H and O–H groups in total. The van der Waals surface area contributed by atoms with Crippen molar-refractivity contribution in [2.24, 2.45) is 0 Å². The van der Waals surface area contributed by atoms with Crippen LogP contribution in [0, 0.1) is 6.92 Å². The fraction of sp³-hybridized carbons (Fsp3) is 0.480. The minimum Gasteiger partial charge on any atom is -0.484 e. The van der Waals surface area contributed by atoms with Crippen LogP contribution in [0.3, 0.4) is 0 Å². The second-order valence-electron chi connectivity index (χ2n) is 8.76. The van der Waals surface area contributed by atoms with Crippen molar-refractivity contribution in [1.82, 2.24) is 9.62 Å². The van der Waals surface area contributed by atoms with Crippen molar-refractivity contribution in [3.05, 3.63) is 59.7 Å². The Labute approximate surface area is 197 Å². The number of ether oxygens (including phenoxy) is 1. The van der Waals surface area contributed by atoms with E-state index in [1.807, 2.05) is 30.3 Å². The SMILES string of the molecule is Cc1cccc(N2CCN(S(=O)(=O)CCCNC(=O)COc3ccc(C(C)C)cc3)CC2)c1. The van der Waals surface area contributed by atoms with E-state index in [-0.39, 0.29) is 18.3 Å². The van der Waals surface area contributed by atoms with Crippen LogP contribution in [0.1, 0.15) is 37.3 Å². The van der Waals surface area contributed by atoms with Crippen LogP contribution in [0.4, 0.5) is 5.69 Å². The first-order valence-electron chi connectivity index (χ1n) is 11.5. The number of amides is 1. The summed E-state index contributed by atoms with van der Waals surface area (Å²) in [4.78, 5) is 14.2. The number of nitrogens with zero attached hydrogens (tertiary/aromatic N) is 2. The van der Waals surface area contributed by atoms with E-state index in [9.17, 15) is 13.2 Å². The lowest BCUT2D eigenvalue weighted by molar-refractivity contribution is -0.123. The van der Waals surface area contributed by atoms with E-state index in [1.165, 1.54) is 11.1 Å². The number of sulfonamides is 1. The van der Waals surface area contributed by atoms with Gasteiger partial charge in [-0.05, 0) is 54.7 Å². The van der Waals surface area contributed by atoms with Gasteiger partial charge in [0.05, 0.1) is 5.75 Å². The topological polar surface area (TPSA) is 79.0 Å². The summed E-state index contributed by atoms with van der Waals surface area (Å²) in [6, 6.07) is 15.9. The molecule has 0 radical (unpaired) electrons. The second kappa shape index (κ2) is 11.5. The normalized spacial score (nSPS) is 15.0. The van der Waals surface area contributed by atoms with Crippen LogP contribution in [0.15, 0.2) is 48.5 Å². The first kappa shape index (κ1) is 25.1. The van der Waals surface area contributed by atoms with Crippen molar-refractivity contribution in [2.75, 3.05) is 50.0 Å². The highest BCUT2D eigenvalue weighted by Crippen LogP contribution is 2.20. The van der Waals surface area contributed by atoms with E-state index < -0.39 is 10.0 Å². The lowest BCUT2D eigenvalue weighted by Gasteiger charge is -2.35. The van der Waals surface area contributed by atoms with Crippen molar-refractivity contribution in [3.63, 3.8) is 0 Å². The van der Waals surface area contributed by atoms with E-state index in [2.05, 4.69) is 49.2 Å². The van der Waals surface area contributed by atoms with Crippen molar-refractivity contribution in [2.45, 2.75) is 33.1 Å². The smallest absolute Gasteiger partial charge is 0.257 e. The van der Waals surface area contributed by atoms with E-state index >= 15 is 0 Å². The van der Waals surface area contributed by atoms with Gasteiger partial charge in [0.15, 0.2) is 6.61 Å². The van der Waals surface area contributed by atoms with E-state index in [1.54, 1.807) is 4.31 Å². The van der Waals surface area contributed by atoms with Gasteiger partial charge in [-0.3, -0.25) is 4.79 Å². The first-order valence-corrected chi connectivity index (χ1v) is 13.1. The van der Waals surface area contributed by atoms with Crippen molar-refractivity contribution < 1.29 is 17.9 Å². The molecule has 1 aliphatic rings. The molecule has 0 bridgehead atoms. The molecular formula is C25H35N3O4S. The summed E-state index contributed by atoms with van der Waals surface area (Å²) in [6.45, 7) is 8.82. The van der Waals surface area contributed by atoms with Gasteiger partial charge >= 0.3 is 0 Å². The van der Waals surface area contributed by atoms with Gasteiger partial charge in [0, 0.05) is 38.4 Å². The van der Waals surface area contributed by atoms with Crippen molar-refractivity contribution in [3.8, 4) is 5.75 Å². The maximum Gasteiger partial charge on any atom is 0.257 e. The summed E-state index contributed by atoms with van der Waals surface area (Å²) >= 11 is 0. The predicted molar refractivity (Wildman–Crippen MR) is 132 cm³/mol. The molecule has 0 aliphatic carbocycles. The lowest BCUT2D eigenvalue weighted by Crippen LogP contribution is -2.49. The molecule has 0 aromatic heterocycles. The molecule has 0 spiro atoms. The zero-order chi connectivity index (χ0) is 23.8. The Morgan fingerprint density at radius 2 is 1.76 bits per heavy atom. The van der Waals surface area contributed by atoms with Crippen LogP contribution < -0.4 is 15.0 Å². The molecule has 180 valence electrons. The standard InChI is InChI=1S/C25H35N3O4S/c1-20(2)22-8-10-24(11-9-22)32-19-25(29)26-12-5-17-33(30,31)28-15-13-27(14-16-28)23-7-4-6-21(3)18-23/h4,6-11,18,20H,5,12-17,19H2,1-3H3,(H,26,29). The van der Waals surface area contributed by atoms with Gasteiger partial charge < -0.3 is 15.0 Å². The van der Waals surface area contributed by atoms with Gasteiger partial charge in [-0.25, -0.2) is 8.42 Å². The van der Waals surface area contributed by atoms with Crippen LogP contribution in [0.25, 0.3) is 0 Å². The monoisotopic (exact) mass is 473 g/mol. The first-order chi connectivity index (χ1) is 15.7. The number of piperazine rings is 1. The summed E-state index contributed by atoms with van der Waals surface area (Å²) in [7, 11) is -3.34. The number of anilines is 1. The lowest BCUT2D eigenvalue weighted by atomic mass is 10.0. The number of benzene rings is 2. The zero-order valence-corrected chi connectivity index (χ0v) is 20.6. The molecule has 0 unspecified atom stereocenters. The predicted octanol–water partition coefficient (Wildman–Crippen LogP) is 3.16. The molecule has 0 saturated carbocycles. The third-order valence-corrected chi connectivity index (χ3v) is 7.77. The highest BCUT2D eigenvalue weighted by atomic mass is 32.2. The maximum atomic E-state index is 12.7. The molecule has 0 atom stereocenters. The molecule has 33 heavy (non-hydrogen) atoms. The molecule has 2 aromatic carbocycles. The average molecular weight is 474 g/mol. The summed E-state index contributed by atoms with van der Waals surface area (Å²) in [5, 5.41) is 2.74. The quantitative estimate of drug-likeness (QED) is 0.537. The van der Waals surface area contributed by atoms with Crippen molar-refractivity contribution >= 4 is 21.6 Å². The number of carbonyl (C=O) groups excluding carboxylic acids is 1. The number of aryl methyl sites for hydroxylation is 1. The highest BCUT2D eigenvalue weighted by molar-refractivity contribution is 7.89. The highest BCUT2D eigenvalue weighted by Gasteiger charge is 2.26. The van der Waals surface area contributed by atoms with Crippen molar-refractivity contribution in [1.29, 1.82) is 0 Å². The third kappa shape index (κ3) is 7.47. The number of nitrogens with one attached hydrogen (secondary N) is 1. The van der Waals surface area contributed by atoms with Crippen LogP contribution in [0.2, 0.25) is 0 Å². The average Bonchev–Trinajstić information content (AvgIpc) is 2.81. The Morgan fingerprint density at radius 1 is 1.06 bits per heavy atom. The summed E-state index contributed by atoms with van der Waals surface area (Å²) in [6.07, 6.45) is 0.370. The fourth-order valence-corrected chi connectivity index (χ4v) is 5.30. The van der Waals surface area contributed by atoms with Crippen LogP contribution >= 0.6 is 0 Å². The Hall–Kier alpha value is -2.58. The summed E-state index contributed by atoms with van der Waals surface area (Å²) in [5.74, 6) is 0.847. The molecule has 1 fully saturated rings. The van der Waals surface area contributed by atoms with E-state index in [0.29, 0.717) is 50.8 Å². The van der Waals surface area contributed by atoms with Gasteiger partial charge in [-0.2, -0.15) is 4.31 Å².